The summed E-state index contributed by atoms with van der Waals surface area (Å²) in [6.45, 7) is 2.62. The number of nitrogens with one attached hydrogen (secondary N) is 1. The minimum atomic E-state index is 0.250. The molecule has 0 bridgehead atoms. The summed E-state index contributed by atoms with van der Waals surface area (Å²) in [7, 11) is 0. The van der Waals surface area contributed by atoms with Crippen molar-refractivity contribution in [3.63, 3.8) is 0 Å². The molecule has 2 aliphatic rings. The van der Waals surface area contributed by atoms with Crippen molar-refractivity contribution in [3.8, 4) is 0 Å². The van der Waals surface area contributed by atoms with E-state index in [4.69, 9.17) is 0 Å². The highest BCUT2D eigenvalue weighted by Gasteiger charge is 2.40. The number of benzene rings is 1. The first-order chi connectivity index (χ1) is 9.75. The van der Waals surface area contributed by atoms with Crippen LogP contribution in [0.5, 0.6) is 0 Å². The van der Waals surface area contributed by atoms with E-state index in [9.17, 15) is 4.79 Å². The number of nitrogens with zero attached hydrogens (tertiary/aromatic N) is 1. The van der Waals surface area contributed by atoms with E-state index in [1.165, 1.54) is 31.4 Å². The van der Waals surface area contributed by atoms with Gasteiger partial charge in [0.15, 0.2) is 0 Å². The Morgan fingerprint density at radius 1 is 1.15 bits per heavy atom. The van der Waals surface area contributed by atoms with Gasteiger partial charge in [0.1, 0.15) is 0 Å². The fourth-order valence-corrected chi connectivity index (χ4v) is 3.97. The minimum Gasteiger partial charge on any atom is -0.382 e. The number of anilines is 1. The second kappa shape index (κ2) is 5.86. The van der Waals surface area contributed by atoms with Crippen LogP contribution in [0.15, 0.2) is 30.3 Å². The first-order valence-electron chi connectivity index (χ1n) is 7.84. The lowest BCUT2D eigenvalue weighted by atomic mass is 9.75. The third kappa shape index (κ3) is 2.67. The van der Waals surface area contributed by atoms with Gasteiger partial charge in [0.25, 0.3) is 0 Å². The average Bonchev–Trinajstić information content (AvgIpc) is 2.48. The van der Waals surface area contributed by atoms with Crippen LogP contribution in [0.3, 0.4) is 0 Å². The van der Waals surface area contributed by atoms with E-state index >= 15 is 0 Å². The van der Waals surface area contributed by atoms with Gasteiger partial charge in [-0.3, -0.25) is 4.79 Å². The second-order valence-electron chi connectivity index (χ2n) is 6.13. The quantitative estimate of drug-likeness (QED) is 0.896. The third-order valence-corrected chi connectivity index (χ3v) is 4.91. The molecule has 20 heavy (non-hydrogen) atoms. The van der Waals surface area contributed by atoms with Crippen LogP contribution in [-0.2, 0) is 4.79 Å². The molecule has 1 amide bonds. The zero-order chi connectivity index (χ0) is 13.9. The van der Waals surface area contributed by atoms with Gasteiger partial charge < -0.3 is 10.2 Å². The Morgan fingerprint density at radius 2 is 1.90 bits per heavy atom. The number of likely N-dealkylation sites (tertiary alicyclic amines) is 1. The summed E-state index contributed by atoms with van der Waals surface area (Å²) in [6, 6.07) is 11.4. The molecule has 1 aliphatic carbocycles. The molecule has 1 aromatic carbocycles. The van der Waals surface area contributed by atoms with Gasteiger partial charge in [-0.05, 0) is 37.3 Å². The monoisotopic (exact) mass is 272 g/mol. The van der Waals surface area contributed by atoms with Gasteiger partial charge in [-0.2, -0.15) is 0 Å². The zero-order valence-corrected chi connectivity index (χ0v) is 12.2. The van der Waals surface area contributed by atoms with Crippen LogP contribution in [0.1, 0.15) is 39.0 Å². The molecule has 1 saturated carbocycles. The van der Waals surface area contributed by atoms with Crippen molar-refractivity contribution in [3.05, 3.63) is 30.3 Å². The molecule has 0 radical (unpaired) electrons. The first kappa shape index (κ1) is 13.5. The van der Waals surface area contributed by atoms with E-state index < -0.39 is 0 Å². The molecule has 3 atom stereocenters. The van der Waals surface area contributed by atoms with Crippen molar-refractivity contribution in [2.75, 3.05) is 11.9 Å². The lowest BCUT2D eigenvalue weighted by Gasteiger charge is -2.48. The second-order valence-corrected chi connectivity index (χ2v) is 6.13. The molecule has 0 spiro atoms. The smallest absolute Gasteiger partial charge is 0.219 e. The highest BCUT2D eigenvalue weighted by atomic mass is 16.2. The maximum absolute atomic E-state index is 11.8. The number of hydrogen-bond donors (Lipinski definition) is 1. The topological polar surface area (TPSA) is 32.3 Å². The summed E-state index contributed by atoms with van der Waals surface area (Å²) < 4.78 is 0. The Bertz CT molecular complexity index is 459. The first-order valence-corrected chi connectivity index (χ1v) is 7.84. The van der Waals surface area contributed by atoms with E-state index in [2.05, 4.69) is 34.5 Å². The maximum Gasteiger partial charge on any atom is 0.219 e. The van der Waals surface area contributed by atoms with Gasteiger partial charge in [-0.15, -0.1) is 0 Å². The number of fused-ring (bicyclic) bond motifs is 1. The van der Waals surface area contributed by atoms with Gasteiger partial charge in [0, 0.05) is 31.2 Å². The molecule has 1 aromatic rings. The fourth-order valence-electron chi connectivity index (χ4n) is 3.97. The van der Waals surface area contributed by atoms with E-state index in [0.29, 0.717) is 18.0 Å². The molecule has 2 unspecified atom stereocenters. The molecule has 3 nitrogen and oxygen atoms in total. The van der Waals surface area contributed by atoms with Crippen molar-refractivity contribution in [1.82, 2.24) is 4.90 Å². The molecule has 3 heteroatoms. The Balaban J connectivity index is 1.74. The number of para-hydroxylation sites is 1. The molecule has 1 saturated heterocycles. The zero-order valence-electron chi connectivity index (χ0n) is 12.2. The van der Waals surface area contributed by atoms with E-state index in [1.807, 2.05) is 6.07 Å². The molecule has 108 valence electrons. The summed E-state index contributed by atoms with van der Waals surface area (Å²) in [5.74, 6) is 0.863. The highest BCUT2D eigenvalue weighted by molar-refractivity contribution is 5.73. The Morgan fingerprint density at radius 3 is 2.65 bits per heavy atom. The van der Waals surface area contributed by atoms with Crippen molar-refractivity contribution < 1.29 is 4.79 Å². The van der Waals surface area contributed by atoms with Gasteiger partial charge in [-0.1, -0.05) is 31.0 Å². The summed E-state index contributed by atoms with van der Waals surface area (Å²) in [4.78, 5) is 13.9. The molecule has 1 aliphatic heterocycles. The lowest BCUT2D eigenvalue weighted by molar-refractivity contribution is -0.135. The van der Waals surface area contributed by atoms with Crippen LogP contribution in [0, 0.1) is 5.92 Å². The van der Waals surface area contributed by atoms with E-state index in [0.717, 1.165) is 13.0 Å². The van der Waals surface area contributed by atoms with Crippen molar-refractivity contribution in [2.45, 2.75) is 51.1 Å². The normalized spacial score (nSPS) is 29.6. The lowest BCUT2D eigenvalue weighted by Crippen LogP contribution is -2.55. The van der Waals surface area contributed by atoms with Crippen LogP contribution < -0.4 is 5.32 Å². The van der Waals surface area contributed by atoms with Crippen LogP contribution >= 0.6 is 0 Å². The molecular weight excluding hydrogens is 248 g/mol. The predicted molar refractivity (Wildman–Crippen MR) is 81.6 cm³/mol. The van der Waals surface area contributed by atoms with E-state index in [1.54, 1.807) is 6.92 Å². The van der Waals surface area contributed by atoms with Crippen molar-refractivity contribution in [1.29, 1.82) is 0 Å². The standard InChI is InChI=1S/C17H24N2O/c1-13(20)19-12-11-16(15-9-5-6-10-17(15)19)18-14-7-3-2-4-8-14/h2-4,7-8,15-18H,5-6,9-12H2,1H3/t15?,16?,17-/m0/s1. The van der Waals surface area contributed by atoms with E-state index in [-0.39, 0.29) is 5.91 Å². The number of piperidine rings is 1. The number of rotatable bonds is 2. The summed E-state index contributed by atoms with van der Waals surface area (Å²) in [5.41, 5.74) is 1.21. The van der Waals surface area contributed by atoms with Gasteiger partial charge in [0.2, 0.25) is 5.91 Å². The Labute approximate surface area is 121 Å². The summed E-state index contributed by atoms with van der Waals surface area (Å²) in [5, 5.41) is 3.70. The minimum absolute atomic E-state index is 0.250. The van der Waals surface area contributed by atoms with Gasteiger partial charge in [0.05, 0.1) is 0 Å². The van der Waals surface area contributed by atoms with Crippen molar-refractivity contribution >= 4 is 11.6 Å². The Kier molecular flexibility index (Phi) is 3.95. The van der Waals surface area contributed by atoms with Crippen LogP contribution in [0.2, 0.25) is 0 Å². The third-order valence-electron chi connectivity index (χ3n) is 4.91. The number of carbonyl (C=O) groups excluding carboxylic acids is 1. The highest BCUT2D eigenvalue weighted by Crippen LogP contribution is 2.36. The van der Waals surface area contributed by atoms with Crippen LogP contribution in [0.25, 0.3) is 0 Å². The SMILES string of the molecule is CC(=O)N1CCC(Nc2ccccc2)C2CCCC[C@@H]21. The average molecular weight is 272 g/mol. The molecule has 1 heterocycles. The number of carbonyl (C=O) groups is 1. The molecule has 3 rings (SSSR count). The summed E-state index contributed by atoms with van der Waals surface area (Å²) >= 11 is 0. The Hall–Kier alpha value is -1.51. The van der Waals surface area contributed by atoms with Crippen LogP contribution in [-0.4, -0.2) is 29.4 Å². The molecular formula is C17H24N2O. The van der Waals surface area contributed by atoms with Crippen LogP contribution in [0.4, 0.5) is 5.69 Å². The van der Waals surface area contributed by atoms with Gasteiger partial charge in [-0.25, -0.2) is 0 Å². The van der Waals surface area contributed by atoms with Gasteiger partial charge >= 0.3 is 0 Å². The van der Waals surface area contributed by atoms with Crippen molar-refractivity contribution in [2.24, 2.45) is 5.92 Å². The number of hydrogen-bond acceptors (Lipinski definition) is 2. The fraction of sp³-hybridized carbons (Fsp3) is 0.588. The number of amides is 1. The molecule has 0 aromatic heterocycles. The molecule has 2 fully saturated rings. The largest absolute Gasteiger partial charge is 0.382 e. The summed E-state index contributed by atoms with van der Waals surface area (Å²) in [6.07, 6.45) is 6.06. The predicted octanol–water partition coefficient (Wildman–Crippen LogP) is 3.28. The molecule has 1 N–H and O–H groups in total. The maximum atomic E-state index is 11.8.